The Kier molecular flexibility index (Phi) is 7.77. The van der Waals surface area contributed by atoms with Crippen molar-refractivity contribution in [3.05, 3.63) is 59.9 Å². The number of likely N-dealkylation sites (tertiary alicyclic amines) is 1. The maximum absolute atomic E-state index is 13.7. The molecule has 4 rings (SSSR count). The summed E-state index contributed by atoms with van der Waals surface area (Å²) in [7, 11) is 1.64. The number of amides is 4. The van der Waals surface area contributed by atoms with Crippen LogP contribution in [0.4, 0.5) is 10.5 Å². The summed E-state index contributed by atoms with van der Waals surface area (Å²) >= 11 is 0. The summed E-state index contributed by atoms with van der Waals surface area (Å²) in [6.45, 7) is 4.87. The molecule has 2 aliphatic heterocycles. The number of methoxy groups -OCH3 is 1. The van der Waals surface area contributed by atoms with Crippen molar-refractivity contribution in [3.8, 4) is 0 Å². The molecule has 2 aromatic rings. The first-order valence-corrected chi connectivity index (χ1v) is 12.0. The first kappa shape index (κ1) is 24.8. The Bertz CT molecular complexity index is 1040. The number of ether oxygens (including phenoxy) is 1. The van der Waals surface area contributed by atoms with Gasteiger partial charge in [-0.25, -0.2) is 4.79 Å². The van der Waals surface area contributed by atoms with Crippen LogP contribution >= 0.6 is 0 Å². The van der Waals surface area contributed by atoms with Crippen LogP contribution in [0.5, 0.6) is 0 Å². The van der Waals surface area contributed by atoms with Gasteiger partial charge in [0, 0.05) is 58.7 Å². The van der Waals surface area contributed by atoms with E-state index in [9.17, 15) is 14.4 Å². The average Bonchev–Trinajstić information content (AvgIpc) is 3.04. The first-order chi connectivity index (χ1) is 16.9. The Morgan fingerprint density at radius 3 is 2.46 bits per heavy atom. The summed E-state index contributed by atoms with van der Waals surface area (Å²) in [5.74, 6) is -0.216. The lowest BCUT2D eigenvalue weighted by molar-refractivity contribution is -0.136. The summed E-state index contributed by atoms with van der Waals surface area (Å²) in [5, 5.41) is 2.78. The quantitative estimate of drug-likeness (QED) is 0.439. The second-order valence-electron chi connectivity index (χ2n) is 9.18. The van der Waals surface area contributed by atoms with Gasteiger partial charge in [0.25, 0.3) is 5.91 Å². The number of imide groups is 1. The number of carbonyl (C=O) groups is 3. The molecule has 1 spiro atoms. The van der Waals surface area contributed by atoms with E-state index < -0.39 is 5.54 Å². The molecule has 2 fully saturated rings. The predicted octanol–water partition coefficient (Wildman–Crippen LogP) is 2.88. The van der Waals surface area contributed by atoms with Gasteiger partial charge in [-0.05, 0) is 49.1 Å². The predicted molar refractivity (Wildman–Crippen MR) is 131 cm³/mol. The molecule has 1 aromatic heterocycles. The number of anilines is 1. The van der Waals surface area contributed by atoms with E-state index in [0.717, 1.165) is 17.8 Å². The highest BCUT2D eigenvalue weighted by molar-refractivity contribution is 6.07. The van der Waals surface area contributed by atoms with Gasteiger partial charge in [0.05, 0.1) is 12.2 Å². The van der Waals surface area contributed by atoms with Crippen molar-refractivity contribution in [3.63, 3.8) is 0 Å². The second-order valence-corrected chi connectivity index (χ2v) is 9.18. The van der Waals surface area contributed by atoms with Gasteiger partial charge in [-0.15, -0.1) is 0 Å². The summed E-state index contributed by atoms with van der Waals surface area (Å²) in [4.78, 5) is 48.1. The van der Waals surface area contributed by atoms with Crippen molar-refractivity contribution in [1.82, 2.24) is 19.7 Å². The number of hydrogen-bond acceptors (Lipinski definition) is 6. The van der Waals surface area contributed by atoms with Crippen molar-refractivity contribution in [2.24, 2.45) is 0 Å². The molecule has 2 saturated heterocycles. The molecule has 0 atom stereocenters. The van der Waals surface area contributed by atoms with Gasteiger partial charge in [-0.1, -0.05) is 18.2 Å². The van der Waals surface area contributed by atoms with Crippen molar-refractivity contribution in [1.29, 1.82) is 0 Å². The van der Waals surface area contributed by atoms with Gasteiger partial charge in [0.1, 0.15) is 5.54 Å². The number of pyridine rings is 1. The van der Waals surface area contributed by atoms with Crippen LogP contribution < -0.4 is 5.32 Å². The topological polar surface area (TPSA) is 95.1 Å². The van der Waals surface area contributed by atoms with Crippen LogP contribution in [0.2, 0.25) is 0 Å². The second kappa shape index (κ2) is 11.0. The average molecular weight is 480 g/mol. The number of piperidine rings is 1. The van der Waals surface area contributed by atoms with E-state index in [-0.39, 0.29) is 24.4 Å². The molecule has 4 amide bonds. The zero-order valence-corrected chi connectivity index (χ0v) is 20.4. The van der Waals surface area contributed by atoms with Crippen LogP contribution in [-0.2, 0) is 27.4 Å². The highest BCUT2D eigenvalue weighted by Gasteiger charge is 2.57. The normalized spacial score (nSPS) is 17.9. The highest BCUT2D eigenvalue weighted by atomic mass is 16.5. The molecule has 2 aliphatic rings. The molecule has 9 nitrogen and oxygen atoms in total. The molecule has 1 aromatic carbocycles. The number of nitrogens with one attached hydrogen (secondary N) is 1. The van der Waals surface area contributed by atoms with E-state index in [4.69, 9.17) is 4.74 Å². The minimum Gasteiger partial charge on any atom is -0.385 e. The number of aromatic nitrogens is 1. The smallest absolute Gasteiger partial charge is 0.328 e. The Morgan fingerprint density at radius 1 is 1.09 bits per heavy atom. The van der Waals surface area contributed by atoms with Gasteiger partial charge in [0.2, 0.25) is 5.91 Å². The van der Waals surface area contributed by atoms with Crippen molar-refractivity contribution in [2.75, 3.05) is 38.7 Å². The lowest BCUT2D eigenvalue weighted by Gasteiger charge is -2.42. The molecule has 1 N–H and O–H groups in total. The number of urea groups is 1. The van der Waals surface area contributed by atoms with Crippen LogP contribution in [-0.4, -0.2) is 76.4 Å². The van der Waals surface area contributed by atoms with Gasteiger partial charge >= 0.3 is 6.03 Å². The molecule has 0 aliphatic carbocycles. The molecule has 0 saturated carbocycles. The number of carbonyl (C=O) groups excluding carboxylic acids is 3. The molecule has 9 heteroatoms. The van der Waals surface area contributed by atoms with Crippen LogP contribution in [0, 0.1) is 0 Å². The Hall–Kier alpha value is -3.30. The van der Waals surface area contributed by atoms with E-state index >= 15 is 0 Å². The van der Waals surface area contributed by atoms with Gasteiger partial charge in [-0.3, -0.25) is 24.4 Å². The zero-order chi connectivity index (χ0) is 24.8. The fourth-order valence-electron chi connectivity index (χ4n) is 4.97. The Balaban J connectivity index is 1.45. The molecule has 0 bridgehead atoms. The summed E-state index contributed by atoms with van der Waals surface area (Å²) in [5.41, 5.74) is 1.79. The maximum Gasteiger partial charge on any atom is 0.328 e. The highest BCUT2D eigenvalue weighted by Crippen LogP contribution is 2.38. The summed E-state index contributed by atoms with van der Waals surface area (Å²) in [6, 6.07) is 13.1. The third-order valence-electron chi connectivity index (χ3n) is 6.76. The van der Waals surface area contributed by atoms with Crippen molar-refractivity contribution >= 4 is 23.5 Å². The monoisotopic (exact) mass is 479 g/mol. The third-order valence-corrected chi connectivity index (χ3v) is 6.76. The van der Waals surface area contributed by atoms with Crippen molar-refractivity contribution < 1.29 is 19.1 Å². The molecule has 0 unspecified atom stereocenters. The standard InChI is InChI=1S/C26H33N5O4/c1-20(32)28-22-9-7-21(8-10-22)18-29-15-11-26(12-16-29)24(33)30(19-23-6-3-4-13-27-23)25(34)31(26)14-5-17-35-2/h3-4,6-10,13H,5,11-12,14-19H2,1-2H3,(H,28,32). The number of rotatable bonds is 9. The lowest BCUT2D eigenvalue weighted by atomic mass is 9.85. The lowest BCUT2D eigenvalue weighted by Crippen LogP contribution is -2.56. The summed E-state index contributed by atoms with van der Waals surface area (Å²) < 4.78 is 5.20. The molecule has 0 radical (unpaired) electrons. The molecular formula is C26H33N5O4. The van der Waals surface area contributed by atoms with E-state index in [0.29, 0.717) is 51.2 Å². The Morgan fingerprint density at radius 2 is 1.83 bits per heavy atom. The van der Waals surface area contributed by atoms with Crippen LogP contribution in [0.1, 0.15) is 37.4 Å². The Labute approximate surface area is 206 Å². The largest absolute Gasteiger partial charge is 0.385 e. The minimum absolute atomic E-state index is 0.0954. The van der Waals surface area contributed by atoms with E-state index in [1.807, 2.05) is 42.5 Å². The van der Waals surface area contributed by atoms with Gasteiger partial charge in [-0.2, -0.15) is 0 Å². The van der Waals surface area contributed by atoms with Crippen LogP contribution in [0.25, 0.3) is 0 Å². The number of benzene rings is 1. The van der Waals surface area contributed by atoms with Crippen LogP contribution in [0.15, 0.2) is 48.7 Å². The van der Waals surface area contributed by atoms with E-state index in [1.54, 1.807) is 18.2 Å². The van der Waals surface area contributed by atoms with E-state index in [1.165, 1.54) is 11.8 Å². The fraction of sp³-hybridized carbons (Fsp3) is 0.462. The zero-order valence-electron chi connectivity index (χ0n) is 20.4. The van der Waals surface area contributed by atoms with Gasteiger partial charge < -0.3 is 15.0 Å². The minimum atomic E-state index is -0.814. The summed E-state index contributed by atoms with van der Waals surface area (Å²) in [6.07, 6.45) is 3.53. The van der Waals surface area contributed by atoms with Gasteiger partial charge in [0.15, 0.2) is 0 Å². The first-order valence-electron chi connectivity index (χ1n) is 12.0. The SMILES string of the molecule is COCCCN1C(=O)N(Cc2ccccn2)C(=O)C12CCN(Cc1ccc(NC(C)=O)cc1)CC2. The molecule has 3 heterocycles. The number of nitrogens with zero attached hydrogens (tertiary/aromatic N) is 4. The van der Waals surface area contributed by atoms with Crippen LogP contribution in [0.3, 0.4) is 0 Å². The number of hydrogen-bond donors (Lipinski definition) is 1. The van der Waals surface area contributed by atoms with E-state index in [2.05, 4.69) is 15.2 Å². The third kappa shape index (κ3) is 5.52. The maximum atomic E-state index is 13.7. The molecule has 186 valence electrons. The fourth-order valence-corrected chi connectivity index (χ4v) is 4.97. The molecular weight excluding hydrogens is 446 g/mol. The molecule has 35 heavy (non-hydrogen) atoms. The van der Waals surface area contributed by atoms with Crippen molar-refractivity contribution in [2.45, 2.75) is 44.8 Å².